The van der Waals surface area contributed by atoms with Crippen LogP contribution in [0.2, 0.25) is 0 Å². The van der Waals surface area contributed by atoms with Crippen molar-refractivity contribution >= 4 is 18.7 Å². The molecule has 1 aliphatic heterocycles. The van der Waals surface area contributed by atoms with Gasteiger partial charge < -0.3 is 9.64 Å². The molecule has 0 unspecified atom stereocenters. The molecule has 0 aromatic carbocycles. The van der Waals surface area contributed by atoms with Crippen molar-refractivity contribution in [3.05, 3.63) is 12.2 Å². The van der Waals surface area contributed by atoms with E-state index in [-0.39, 0.29) is 6.09 Å². The lowest BCUT2D eigenvalue weighted by molar-refractivity contribution is 0.160. The first-order valence-corrected chi connectivity index (χ1v) is 4.06. The first-order chi connectivity index (χ1) is 5.24. The minimum Gasteiger partial charge on any atom is -0.448 e. The molecular formula is C7H11NO2S. The van der Waals surface area contributed by atoms with E-state index in [9.17, 15) is 4.79 Å². The van der Waals surface area contributed by atoms with Gasteiger partial charge >= 0.3 is 6.09 Å². The molecule has 0 saturated carbocycles. The Morgan fingerprint density at radius 3 is 3.00 bits per heavy atom. The zero-order valence-corrected chi connectivity index (χ0v) is 7.14. The SMILES string of the molecule is C=C(CS)CN1CCOC1=O. The van der Waals surface area contributed by atoms with E-state index in [0.717, 1.165) is 5.57 Å². The number of nitrogens with zero attached hydrogens (tertiary/aromatic N) is 1. The fourth-order valence-corrected chi connectivity index (χ4v) is 0.989. The van der Waals surface area contributed by atoms with Gasteiger partial charge in [0.1, 0.15) is 6.61 Å². The van der Waals surface area contributed by atoms with Gasteiger partial charge in [-0.05, 0) is 5.57 Å². The smallest absolute Gasteiger partial charge is 0.410 e. The summed E-state index contributed by atoms with van der Waals surface area (Å²) >= 11 is 4.04. The Labute approximate surface area is 71.4 Å². The Balaban J connectivity index is 2.36. The Morgan fingerprint density at radius 2 is 2.55 bits per heavy atom. The molecule has 1 heterocycles. The third kappa shape index (κ3) is 2.15. The number of amides is 1. The van der Waals surface area contributed by atoms with E-state index in [4.69, 9.17) is 4.74 Å². The van der Waals surface area contributed by atoms with E-state index >= 15 is 0 Å². The molecule has 1 amide bonds. The van der Waals surface area contributed by atoms with Crippen LogP contribution >= 0.6 is 12.6 Å². The molecule has 0 spiro atoms. The zero-order chi connectivity index (χ0) is 8.27. The summed E-state index contributed by atoms with van der Waals surface area (Å²) in [6.45, 7) is 5.49. The number of cyclic esters (lactones) is 1. The van der Waals surface area contributed by atoms with Gasteiger partial charge in [-0.2, -0.15) is 12.6 Å². The number of hydrogen-bond acceptors (Lipinski definition) is 3. The Bertz CT molecular complexity index is 181. The van der Waals surface area contributed by atoms with Crippen LogP contribution in [0.3, 0.4) is 0 Å². The lowest BCUT2D eigenvalue weighted by atomic mass is 10.3. The van der Waals surface area contributed by atoms with Crippen LogP contribution in [0.25, 0.3) is 0 Å². The van der Waals surface area contributed by atoms with E-state index < -0.39 is 0 Å². The number of rotatable bonds is 3. The highest BCUT2D eigenvalue weighted by molar-refractivity contribution is 7.80. The third-order valence-electron chi connectivity index (χ3n) is 1.48. The Morgan fingerprint density at radius 1 is 1.82 bits per heavy atom. The second-order valence-corrected chi connectivity index (χ2v) is 2.76. The molecule has 0 atom stereocenters. The lowest BCUT2D eigenvalue weighted by Crippen LogP contribution is -2.26. The van der Waals surface area contributed by atoms with Crippen LogP contribution in [0, 0.1) is 0 Å². The molecule has 62 valence electrons. The molecule has 1 fully saturated rings. The van der Waals surface area contributed by atoms with Gasteiger partial charge in [0.2, 0.25) is 0 Å². The molecule has 0 aromatic rings. The molecule has 0 aromatic heterocycles. The summed E-state index contributed by atoms with van der Waals surface area (Å²) in [6.07, 6.45) is -0.243. The van der Waals surface area contributed by atoms with E-state index in [1.165, 1.54) is 0 Å². The fraction of sp³-hybridized carbons (Fsp3) is 0.571. The van der Waals surface area contributed by atoms with Gasteiger partial charge in [-0.3, -0.25) is 0 Å². The van der Waals surface area contributed by atoms with E-state index in [2.05, 4.69) is 19.2 Å². The van der Waals surface area contributed by atoms with Gasteiger partial charge in [-0.25, -0.2) is 4.79 Å². The van der Waals surface area contributed by atoms with Gasteiger partial charge in [0.25, 0.3) is 0 Å². The predicted molar refractivity (Wildman–Crippen MR) is 45.9 cm³/mol. The van der Waals surface area contributed by atoms with Gasteiger partial charge in [-0.15, -0.1) is 0 Å². The normalized spacial score (nSPS) is 16.8. The molecule has 0 aliphatic carbocycles. The highest BCUT2D eigenvalue weighted by Crippen LogP contribution is 2.06. The van der Waals surface area contributed by atoms with Crippen LogP contribution < -0.4 is 0 Å². The minimum absolute atomic E-state index is 0.243. The highest BCUT2D eigenvalue weighted by Gasteiger charge is 2.21. The predicted octanol–water partition coefficient (Wildman–Crippen LogP) is 0.925. The van der Waals surface area contributed by atoms with Crippen molar-refractivity contribution in [3.8, 4) is 0 Å². The summed E-state index contributed by atoms with van der Waals surface area (Å²) in [7, 11) is 0. The van der Waals surface area contributed by atoms with Gasteiger partial charge in [0.15, 0.2) is 0 Å². The molecule has 4 heteroatoms. The first-order valence-electron chi connectivity index (χ1n) is 3.43. The van der Waals surface area contributed by atoms with Crippen molar-refractivity contribution in [2.45, 2.75) is 0 Å². The first kappa shape index (κ1) is 8.46. The Hall–Kier alpha value is -0.640. The largest absolute Gasteiger partial charge is 0.448 e. The second kappa shape index (κ2) is 3.67. The summed E-state index contributed by atoms with van der Waals surface area (Å²) in [4.78, 5) is 12.5. The fourth-order valence-electron chi connectivity index (χ4n) is 0.889. The molecular weight excluding hydrogens is 162 g/mol. The van der Waals surface area contributed by atoms with Crippen LogP contribution in [-0.2, 0) is 4.74 Å². The van der Waals surface area contributed by atoms with Crippen molar-refractivity contribution < 1.29 is 9.53 Å². The maximum atomic E-state index is 10.9. The van der Waals surface area contributed by atoms with Crippen molar-refractivity contribution in [3.63, 3.8) is 0 Å². The Kier molecular flexibility index (Phi) is 2.82. The van der Waals surface area contributed by atoms with Crippen LogP contribution in [0.1, 0.15) is 0 Å². The molecule has 11 heavy (non-hydrogen) atoms. The van der Waals surface area contributed by atoms with Crippen LogP contribution in [0.5, 0.6) is 0 Å². The van der Waals surface area contributed by atoms with Crippen LogP contribution in [0.15, 0.2) is 12.2 Å². The summed E-state index contributed by atoms with van der Waals surface area (Å²) in [5.74, 6) is 0.615. The van der Waals surface area contributed by atoms with Crippen molar-refractivity contribution in [1.29, 1.82) is 0 Å². The summed E-state index contributed by atoms with van der Waals surface area (Å²) < 4.78 is 4.73. The number of ether oxygens (including phenoxy) is 1. The van der Waals surface area contributed by atoms with Gasteiger partial charge in [-0.1, -0.05) is 6.58 Å². The second-order valence-electron chi connectivity index (χ2n) is 2.44. The van der Waals surface area contributed by atoms with E-state index in [0.29, 0.717) is 25.4 Å². The van der Waals surface area contributed by atoms with Crippen molar-refractivity contribution in [2.75, 3.05) is 25.4 Å². The quantitative estimate of drug-likeness (QED) is 0.508. The maximum Gasteiger partial charge on any atom is 0.410 e. The van der Waals surface area contributed by atoms with Gasteiger partial charge in [0.05, 0.1) is 6.54 Å². The van der Waals surface area contributed by atoms with Crippen molar-refractivity contribution in [1.82, 2.24) is 4.90 Å². The number of hydrogen-bond donors (Lipinski definition) is 1. The average molecular weight is 173 g/mol. The number of thiol groups is 1. The van der Waals surface area contributed by atoms with Crippen molar-refractivity contribution in [2.24, 2.45) is 0 Å². The van der Waals surface area contributed by atoms with E-state index in [1.807, 2.05) is 0 Å². The molecule has 0 N–H and O–H groups in total. The monoisotopic (exact) mass is 173 g/mol. The minimum atomic E-state index is -0.243. The van der Waals surface area contributed by atoms with Crippen LogP contribution in [0.4, 0.5) is 4.79 Å². The molecule has 0 radical (unpaired) electrons. The number of carbonyl (C=O) groups excluding carboxylic acids is 1. The van der Waals surface area contributed by atoms with Crippen LogP contribution in [-0.4, -0.2) is 36.4 Å². The highest BCUT2D eigenvalue weighted by atomic mass is 32.1. The average Bonchev–Trinajstić information content (AvgIpc) is 2.37. The number of carbonyl (C=O) groups is 1. The molecule has 1 saturated heterocycles. The standard InChI is InChI=1S/C7H11NO2S/c1-6(5-11)4-8-2-3-10-7(8)9/h11H,1-5H2. The summed E-state index contributed by atoms with van der Waals surface area (Å²) in [6, 6.07) is 0. The maximum absolute atomic E-state index is 10.9. The third-order valence-corrected chi connectivity index (χ3v) is 1.93. The summed E-state index contributed by atoms with van der Waals surface area (Å²) in [5.41, 5.74) is 0.937. The zero-order valence-electron chi connectivity index (χ0n) is 6.25. The molecule has 3 nitrogen and oxygen atoms in total. The lowest BCUT2D eigenvalue weighted by Gasteiger charge is -2.12. The molecule has 0 bridgehead atoms. The van der Waals surface area contributed by atoms with E-state index in [1.54, 1.807) is 4.90 Å². The topological polar surface area (TPSA) is 29.5 Å². The molecule has 1 aliphatic rings. The summed E-state index contributed by atoms with van der Waals surface area (Å²) in [5, 5.41) is 0. The molecule has 1 rings (SSSR count). The van der Waals surface area contributed by atoms with Gasteiger partial charge in [0, 0.05) is 12.3 Å².